The largest absolute Gasteiger partial charge is 0.387 e. The lowest BCUT2D eigenvalue weighted by molar-refractivity contribution is -0.121. The second kappa shape index (κ2) is 2.15. The molecule has 11 heavy (non-hydrogen) atoms. The van der Waals surface area contributed by atoms with E-state index >= 15 is 0 Å². The fraction of sp³-hybridized carbons (Fsp3) is 1.00. The van der Waals surface area contributed by atoms with Crippen LogP contribution in [0.15, 0.2) is 0 Å². The first kappa shape index (κ1) is 7.45. The normalized spacial score (nSPS) is 62.2. The van der Waals surface area contributed by atoms with Crippen LogP contribution in [0.4, 0.5) is 0 Å². The molecular weight excluding hydrogens is 152 g/mol. The topological polar surface area (TPSA) is 93.5 Å². The number of rotatable bonds is 0. The average molecular weight is 162 g/mol. The van der Waals surface area contributed by atoms with Crippen LogP contribution in [0.1, 0.15) is 0 Å². The van der Waals surface area contributed by atoms with Crippen molar-refractivity contribution < 1.29 is 25.2 Å². The second-order valence-corrected chi connectivity index (χ2v) is 3.03. The summed E-state index contributed by atoms with van der Waals surface area (Å²) in [5.74, 6) is 0. The molecule has 64 valence electrons. The van der Waals surface area contributed by atoms with E-state index in [0.717, 1.165) is 0 Å². The van der Waals surface area contributed by atoms with E-state index in [9.17, 15) is 0 Å². The van der Waals surface area contributed by atoms with Gasteiger partial charge in [0, 0.05) is 0 Å². The molecule has 0 radical (unpaired) electrons. The lowest BCUT2D eigenvalue weighted by atomic mass is 9.90. The van der Waals surface area contributed by atoms with Gasteiger partial charge in [-0.3, -0.25) is 0 Å². The molecule has 1 saturated heterocycles. The van der Waals surface area contributed by atoms with Crippen LogP contribution in [0, 0.1) is 0 Å². The van der Waals surface area contributed by atoms with Gasteiger partial charge in [-0.25, -0.2) is 0 Å². The molecule has 1 saturated carbocycles. The minimum absolute atomic E-state index is 0.497. The Balaban J connectivity index is 2.13. The molecule has 2 rings (SSSR count). The summed E-state index contributed by atoms with van der Waals surface area (Å²) < 4.78 is 4.82. The van der Waals surface area contributed by atoms with Gasteiger partial charge in [-0.2, -0.15) is 0 Å². The molecular formula is C6H10O5. The summed E-state index contributed by atoms with van der Waals surface area (Å²) >= 11 is 0. The highest BCUT2D eigenvalue weighted by Gasteiger charge is 2.59. The molecule has 0 aromatic carbocycles. The Kier molecular flexibility index (Phi) is 1.45. The van der Waals surface area contributed by atoms with Gasteiger partial charge in [0.1, 0.15) is 36.6 Å². The van der Waals surface area contributed by atoms with E-state index in [4.69, 9.17) is 25.2 Å². The van der Waals surface area contributed by atoms with Gasteiger partial charge in [0.05, 0.1) is 0 Å². The first-order valence-corrected chi connectivity index (χ1v) is 3.50. The van der Waals surface area contributed by atoms with Crippen LogP contribution in [0.2, 0.25) is 0 Å². The van der Waals surface area contributed by atoms with Crippen LogP contribution in [-0.2, 0) is 4.74 Å². The predicted octanol–water partition coefficient (Wildman–Crippen LogP) is -2.79. The standard InChI is InChI=1S/C6H10O5/c7-1-2(8)4(10)6-5(11-6)3(1)9/h1-10H/t1-,2-,3+,4+,5?,6?/m0/s1. The van der Waals surface area contributed by atoms with Crippen molar-refractivity contribution in [2.24, 2.45) is 0 Å². The quantitative estimate of drug-likeness (QED) is 0.289. The van der Waals surface area contributed by atoms with Gasteiger partial charge >= 0.3 is 0 Å². The predicted molar refractivity (Wildman–Crippen MR) is 32.7 cm³/mol. The van der Waals surface area contributed by atoms with Crippen molar-refractivity contribution in [3.63, 3.8) is 0 Å². The highest BCUT2D eigenvalue weighted by molar-refractivity contribution is 5.07. The maximum atomic E-state index is 9.13. The number of epoxide rings is 1. The maximum absolute atomic E-state index is 9.13. The molecule has 2 aliphatic rings. The van der Waals surface area contributed by atoms with Crippen molar-refractivity contribution in [1.29, 1.82) is 0 Å². The SMILES string of the molecule is O[C@H]1[C@H](O)[C@@H](O)C2OC2[C@@H]1O. The summed E-state index contributed by atoms with van der Waals surface area (Å²) in [6, 6.07) is 0. The fourth-order valence-corrected chi connectivity index (χ4v) is 1.48. The molecule has 2 fully saturated rings. The van der Waals surface area contributed by atoms with Crippen LogP contribution in [0.5, 0.6) is 0 Å². The molecule has 5 heteroatoms. The molecule has 1 aliphatic carbocycles. The third kappa shape index (κ3) is 0.896. The van der Waals surface area contributed by atoms with Crippen LogP contribution < -0.4 is 0 Å². The van der Waals surface area contributed by atoms with Gasteiger partial charge in [0.2, 0.25) is 0 Å². The van der Waals surface area contributed by atoms with E-state index in [0.29, 0.717) is 0 Å². The third-order valence-corrected chi connectivity index (χ3v) is 2.28. The van der Waals surface area contributed by atoms with E-state index in [1.165, 1.54) is 0 Å². The molecule has 1 aliphatic heterocycles. The number of hydrogen-bond acceptors (Lipinski definition) is 5. The Hall–Kier alpha value is -0.200. The van der Waals surface area contributed by atoms with Crippen LogP contribution in [0.3, 0.4) is 0 Å². The molecule has 6 atom stereocenters. The highest BCUT2D eigenvalue weighted by Crippen LogP contribution is 2.37. The lowest BCUT2D eigenvalue weighted by Crippen LogP contribution is -2.53. The monoisotopic (exact) mass is 162 g/mol. The van der Waals surface area contributed by atoms with E-state index in [2.05, 4.69) is 0 Å². The van der Waals surface area contributed by atoms with Gasteiger partial charge < -0.3 is 25.2 Å². The molecule has 1 heterocycles. The van der Waals surface area contributed by atoms with E-state index in [1.54, 1.807) is 0 Å². The van der Waals surface area contributed by atoms with Crippen molar-refractivity contribution in [2.75, 3.05) is 0 Å². The van der Waals surface area contributed by atoms with Crippen molar-refractivity contribution in [3.8, 4) is 0 Å². The number of aliphatic hydroxyl groups is 4. The molecule has 5 nitrogen and oxygen atoms in total. The Morgan fingerprint density at radius 2 is 1.00 bits per heavy atom. The summed E-state index contributed by atoms with van der Waals surface area (Å²) in [6.07, 6.45) is -5.73. The number of fused-ring (bicyclic) bond motifs is 1. The van der Waals surface area contributed by atoms with Gasteiger partial charge in [0.15, 0.2) is 0 Å². The van der Waals surface area contributed by atoms with E-state index in [1.807, 2.05) is 0 Å². The van der Waals surface area contributed by atoms with Crippen molar-refractivity contribution in [2.45, 2.75) is 36.6 Å². The Bertz CT molecular complexity index is 154. The Morgan fingerprint density at radius 1 is 0.636 bits per heavy atom. The van der Waals surface area contributed by atoms with Gasteiger partial charge in [0.25, 0.3) is 0 Å². The first-order valence-electron chi connectivity index (χ1n) is 3.50. The molecule has 0 bridgehead atoms. The molecule has 0 aromatic heterocycles. The summed E-state index contributed by atoms with van der Waals surface area (Å²) in [7, 11) is 0. The summed E-state index contributed by atoms with van der Waals surface area (Å²) in [4.78, 5) is 0. The Morgan fingerprint density at radius 3 is 1.36 bits per heavy atom. The lowest BCUT2D eigenvalue weighted by Gasteiger charge is -2.28. The van der Waals surface area contributed by atoms with Crippen LogP contribution in [-0.4, -0.2) is 57.0 Å². The maximum Gasteiger partial charge on any atom is 0.115 e. The van der Waals surface area contributed by atoms with Gasteiger partial charge in [-0.1, -0.05) is 0 Å². The molecule has 4 N–H and O–H groups in total. The number of hydrogen-bond donors (Lipinski definition) is 4. The highest BCUT2D eigenvalue weighted by atomic mass is 16.6. The third-order valence-electron chi connectivity index (χ3n) is 2.28. The minimum atomic E-state index is -1.30. The average Bonchev–Trinajstić information content (AvgIpc) is 2.76. The fourth-order valence-electron chi connectivity index (χ4n) is 1.48. The van der Waals surface area contributed by atoms with Crippen LogP contribution >= 0.6 is 0 Å². The smallest absolute Gasteiger partial charge is 0.115 e. The minimum Gasteiger partial charge on any atom is -0.387 e. The number of ether oxygens (including phenoxy) is 1. The molecule has 0 amide bonds. The Labute approximate surface area is 62.8 Å². The van der Waals surface area contributed by atoms with E-state index in [-0.39, 0.29) is 0 Å². The van der Waals surface area contributed by atoms with Gasteiger partial charge in [-0.05, 0) is 0 Å². The zero-order valence-corrected chi connectivity index (χ0v) is 5.66. The van der Waals surface area contributed by atoms with E-state index < -0.39 is 36.6 Å². The first-order chi connectivity index (χ1) is 5.13. The summed E-state index contributed by atoms with van der Waals surface area (Å²) in [5.41, 5.74) is 0. The van der Waals surface area contributed by atoms with Crippen molar-refractivity contribution in [3.05, 3.63) is 0 Å². The molecule has 0 aromatic rings. The summed E-state index contributed by atoms with van der Waals surface area (Å²) in [5, 5.41) is 36.4. The summed E-state index contributed by atoms with van der Waals surface area (Å²) in [6.45, 7) is 0. The zero-order valence-electron chi connectivity index (χ0n) is 5.66. The molecule has 0 spiro atoms. The van der Waals surface area contributed by atoms with Crippen LogP contribution in [0.25, 0.3) is 0 Å². The zero-order chi connectivity index (χ0) is 8.17. The molecule has 2 unspecified atom stereocenters. The second-order valence-electron chi connectivity index (χ2n) is 3.03. The van der Waals surface area contributed by atoms with Crippen molar-refractivity contribution in [1.82, 2.24) is 0 Å². The van der Waals surface area contributed by atoms with Gasteiger partial charge in [-0.15, -0.1) is 0 Å². The van der Waals surface area contributed by atoms with Crippen molar-refractivity contribution >= 4 is 0 Å². The number of aliphatic hydroxyl groups excluding tert-OH is 4.